The van der Waals surface area contributed by atoms with Crippen LogP contribution in [0.1, 0.15) is 24.4 Å². The fourth-order valence-electron chi connectivity index (χ4n) is 3.08. The van der Waals surface area contributed by atoms with Gasteiger partial charge in [0.05, 0.1) is 28.2 Å². The third kappa shape index (κ3) is 4.26. The Bertz CT molecular complexity index is 650. The highest BCUT2D eigenvalue weighted by Crippen LogP contribution is 2.32. The van der Waals surface area contributed by atoms with E-state index in [1.165, 1.54) is 10.8 Å². The van der Waals surface area contributed by atoms with Crippen LogP contribution in [0.15, 0.2) is 54.6 Å². The van der Waals surface area contributed by atoms with Crippen LogP contribution in [0.5, 0.6) is 5.75 Å². The molecule has 0 amide bonds. The molecule has 128 valence electrons. The summed E-state index contributed by atoms with van der Waals surface area (Å²) in [5.74, 6) is 0.697. The van der Waals surface area contributed by atoms with Crippen LogP contribution in [0.2, 0.25) is 13.1 Å². The van der Waals surface area contributed by atoms with E-state index in [1.54, 1.807) is 7.11 Å². The lowest BCUT2D eigenvalue weighted by atomic mass is 10.1. The molecule has 1 atom stereocenters. The summed E-state index contributed by atoms with van der Waals surface area (Å²) < 4.78 is 10.5. The fraction of sp³-hybridized carbons (Fsp3) is 0.350. The van der Waals surface area contributed by atoms with Crippen LogP contribution in [-0.4, -0.2) is 27.8 Å². The minimum atomic E-state index is -1.91. The molecule has 0 saturated carbocycles. The van der Waals surface area contributed by atoms with E-state index in [1.807, 2.05) is 25.1 Å². The van der Waals surface area contributed by atoms with E-state index in [4.69, 9.17) is 9.47 Å². The molecular formula is C20H26O3Si. The molecule has 0 aliphatic rings. The Kier molecular flexibility index (Phi) is 6.21. The zero-order chi connectivity index (χ0) is 17.6. The van der Waals surface area contributed by atoms with E-state index >= 15 is 0 Å². The third-order valence-corrected chi connectivity index (χ3v) is 8.68. The van der Waals surface area contributed by atoms with Crippen LogP contribution < -0.4 is 9.92 Å². The number of carbonyl (C=O) groups is 1. The molecule has 0 spiro atoms. The van der Waals surface area contributed by atoms with Crippen molar-refractivity contribution in [1.82, 2.24) is 0 Å². The zero-order valence-electron chi connectivity index (χ0n) is 14.9. The number of methoxy groups -OCH3 is 1. The summed E-state index contributed by atoms with van der Waals surface area (Å²) >= 11 is 0. The van der Waals surface area contributed by atoms with Gasteiger partial charge in [-0.25, -0.2) is 0 Å². The second kappa shape index (κ2) is 8.15. The molecule has 0 fully saturated rings. The van der Waals surface area contributed by atoms with Gasteiger partial charge < -0.3 is 9.47 Å². The molecule has 2 rings (SSSR count). The highest BCUT2D eigenvalue weighted by atomic mass is 28.3. The van der Waals surface area contributed by atoms with E-state index in [9.17, 15) is 4.79 Å². The molecule has 0 radical (unpaired) electrons. The second-order valence-electron chi connectivity index (χ2n) is 6.42. The van der Waals surface area contributed by atoms with Gasteiger partial charge in [-0.3, -0.25) is 4.79 Å². The summed E-state index contributed by atoms with van der Waals surface area (Å²) in [6, 6.07) is 18.6. The summed E-state index contributed by atoms with van der Waals surface area (Å²) in [6.07, 6.45) is 0.411. The first-order chi connectivity index (χ1) is 11.5. The molecule has 0 aliphatic carbocycles. The van der Waals surface area contributed by atoms with E-state index in [0.717, 1.165) is 5.75 Å². The maximum Gasteiger partial charge on any atom is 0.306 e. The number of hydrogen-bond acceptors (Lipinski definition) is 3. The van der Waals surface area contributed by atoms with Gasteiger partial charge in [0.25, 0.3) is 0 Å². The maximum atomic E-state index is 12.2. The Hall–Kier alpha value is -2.07. The standard InChI is InChI=1S/C20H26O3Si/c1-5-23-20(21)15-19(16-11-13-17(22-2)14-12-16)24(3,4)18-9-7-6-8-10-18/h6-14,19H,5,15H2,1-4H3/t19-/m0/s1. The highest BCUT2D eigenvalue weighted by molar-refractivity contribution is 6.91. The van der Waals surface area contributed by atoms with Crippen LogP contribution in [0.4, 0.5) is 0 Å². The van der Waals surface area contributed by atoms with Crippen molar-refractivity contribution in [2.75, 3.05) is 13.7 Å². The minimum absolute atomic E-state index is 0.130. The number of benzene rings is 2. The molecule has 2 aromatic rings. The molecular weight excluding hydrogens is 316 g/mol. The molecule has 2 aromatic carbocycles. The quantitative estimate of drug-likeness (QED) is 0.566. The summed E-state index contributed by atoms with van der Waals surface area (Å²) in [5.41, 5.74) is 1.33. The predicted molar refractivity (Wildman–Crippen MR) is 101 cm³/mol. The van der Waals surface area contributed by atoms with E-state index in [0.29, 0.717) is 13.0 Å². The van der Waals surface area contributed by atoms with Crippen molar-refractivity contribution >= 4 is 19.2 Å². The Morgan fingerprint density at radius 3 is 2.21 bits per heavy atom. The topological polar surface area (TPSA) is 35.5 Å². The highest BCUT2D eigenvalue weighted by Gasteiger charge is 2.36. The number of hydrogen-bond donors (Lipinski definition) is 0. The first kappa shape index (κ1) is 18.3. The summed E-state index contributed by atoms with van der Waals surface area (Å²) in [5, 5.41) is 1.34. The smallest absolute Gasteiger partial charge is 0.306 e. The lowest BCUT2D eigenvalue weighted by Gasteiger charge is -2.33. The van der Waals surface area contributed by atoms with Crippen molar-refractivity contribution in [2.45, 2.75) is 32.0 Å². The first-order valence-corrected chi connectivity index (χ1v) is 11.4. The molecule has 4 heteroatoms. The van der Waals surface area contributed by atoms with Crippen molar-refractivity contribution in [3.8, 4) is 5.75 Å². The Balaban J connectivity index is 2.39. The lowest BCUT2D eigenvalue weighted by molar-refractivity contribution is -0.143. The largest absolute Gasteiger partial charge is 0.497 e. The van der Waals surface area contributed by atoms with Gasteiger partial charge in [0, 0.05) is 0 Å². The van der Waals surface area contributed by atoms with Gasteiger partial charge in [0.2, 0.25) is 0 Å². The van der Waals surface area contributed by atoms with Gasteiger partial charge in [0.15, 0.2) is 0 Å². The molecule has 0 N–H and O–H groups in total. The Morgan fingerprint density at radius 1 is 1.04 bits per heavy atom. The lowest BCUT2D eigenvalue weighted by Crippen LogP contribution is -2.48. The van der Waals surface area contributed by atoms with Crippen molar-refractivity contribution in [2.24, 2.45) is 0 Å². The normalized spacial score (nSPS) is 12.5. The van der Waals surface area contributed by atoms with Crippen LogP contribution in [-0.2, 0) is 9.53 Å². The van der Waals surface area contributed by atoms with Gasteiger partial charge in [-0.15, -0.1) is 0 Å². The second-order valence-corrected chi connectivity index (χ2v) is 11.1. The summed E-state index contributed by atoms with van der Waals surface area (Å²) in [7, 11) is -0.250. The molecule has 0 aliphatic heterocycles. The SMILES string of the molecule is CCOC(=O)C[C@@H](c1ccc(OC)cc1)[Si](C)(C)c1ccccc1. The van der Waals surface area contributed by atoms with Gasteiger partial charge >= 0.3 is 5.97 Å². The molecule has 0 bridgehead atoms. The van der Waals surface area contributed by atoms with E-state index in [2.05, 4.69) is 49.5 Å². The van der Waals surface area contributed by atoms with E-state index in [-0.39, 0.29) is 11.5 Å². The fourth-order valence-corrected chi connectivity index (χ4v) is 6.24. The van der Waals surface area contributed by atoms with Crippen LogP contribution >= 0.6 is 0 Å². The van der Waals surface area contributed by atoms with Gasteiger partial charge in [-0.05, 0) is 30.2 Å². The van der Waals surface area contributed by atoms with Crippen molar-refractivity contribution in [3.63, 3.8) is 0 Å². The monoisotopic (exact) mass is 342 g/mol. The number of esters is 1. The maximum absolute atomic E-state index is 12.2. The molecule has 24 heavy (non-hydrogen) atoms. The van der Waals surface area contributed by atoms with Crippen molar-refractivity contribution in [1.29, 1.82) is 0 Å². The minimum Gasteiger partial charge on any atom is -0.497 e. The van der Waals surface area contributed by atoms with Crippen LogP contribution in [0.3, 0.4) is 0 Å². The molecule has 0 saturated heterocycles. The Labute approximate surface area is 145 Å². The van der Waals surface area contributed by atoms with Crippen LogP contribution in [0.25, 0.3) is 0 Å². The van der Waals surface area contributed by atoms with E-state index < -0.39 is 8.07 Å². The molecule has 0 unspecified atom stereocenters. The van der Waals surface area contributed by atoms with Crippen molar-refractivity contribution < 1.29 is 14.3 Å². The number of rotatable bonds is 7. The zero-order valence-corrected chi connectivity index (χ0v) is 15.9. The third-order valence-electron chi connectivity index (χ3n) is 4.58. The predicted octanol–water partition coefficient (Wildman–Crippen LogP) is 3.89. The summed E-state index contributed by atoms with van der Waals surface area (Å²) in [4.78, 5) is 12.2. The van der Waals surface area contributed by atoms with Gasteiger partial charge in [-0.1, -0.05) is 60.7 Å². The molecule has 0 aromatic heterocycles. The summed E-state index contributed by atoms with van der Waals surface area (Å²) in [6.45, 7) is 6.90. The average molecular weight is 343 g/mol. The number of ether oxygens (including phenoxy) is 2. The first-order valence-electron chi connectivity index (χ1n) is 8.34. The van der Waals surface area contributed by atoms with Crippen molar-refractivity contribution in [3.05, 3.63) is 60.2 Å². The number of carbonyl (C=O) groups excluding carboxylic acids is 1. The van der Waals surface area contributed by atoms with Crippen LogP contribution in [0, 0.1) is 0 Å². The van der Waals surface area contributed by atoms with Gasteiger partial charge in [0.1, 0.15) is 5.75 Å². The average Bonchev–Trinajstić information content (AvgIpc) is 2.61. The Morgan fingerprint density at radius 2 is 1.67 bits per heavy atom. The van der Waals surface area contributed by atoms with Gasteiger partial charge in [-0.2, -0.15) is 0 Å². The molecule has 3 nitrogen and oxygen atoms in total. The molecule has 0 heterocycles.